The highest BCUT2D eigenvalue weighted by Gasteiger charge is 2.01. The van der Waals surface area contributed by atoms with Crippen LogP contribution in [-0.4, -0.2) is 19.7 Å². The summed E-state index contributed by atoms with van der Waals surface area (Å²) in [4.78, 5) is 11.5. The minimum atomic E-state index is 0.643. The lowest BCUT2D eigenvalue weighted by Gasteiger charge is -2.05. The van der Waals surface area contributed by atoms with Gasteiger partial charge in [0.1, 0.15) is 12.0 Å². The zero-order valence-electron chi connectivity index (χ0n) is 7.03. The molecule has 0 bridgehead atoms. The van der Waals surface area contributed by atoms with Gasteiger partial charge in [-0.05, 0) is 18.4 Å². The Balaban J connectivity index is 3.10. The molecule has 3 heteroatoms. The lowest BCUT2D eigenvalue weighted by molar-refractivity contribution is 0.112. The predicted molar refractivity (Wildman–Crippen MR) is 50.2 cm³/mol. The number of ether oxygens (including phenoxy) is 1. The van der Waals surface area contributed by atoms with E-state index in [0.29, 0.717) is 5.56 Å². The van der Waals surface area contributed by atoms with Gasteiger partial charge in [-0.25, -0.2) is 0 Å². The molecule has 0 unspecified atom stereocenters. The Morgan fingerprint density at radius 3 is 2.75 bits per heavy atom. The summed E-state index contributed by atoms with van der Waals surface area (Å²) in [6.45, 7) is 0. The molecule has 0 spiro atoms. The smallest absolute Gasteiger partial charge is 0.150 e. The van der Waals surface area contributed by atoms with Gasteiger partial charge >= 0.3 is 0 Å². The summed E-state index contributed by atoms with van der Waals surface area (Å²) in [5.74, 6) is 0.757. The quantitative estimate of drug-likeness (QED) is 0.529. The van der Waals surface area contributed by atoms with Crippen molar-refractivity contribution in [3.63, 3.8) is 0 Å². The molecule has 0 amide bonds. The molecule has 0 radical (unpaired) electrons. The van der Waals surface area contributed by atoms with E-state index in [1.165, 1.54) is 0 Å². The van der Waals surface area contributed by atoms with Gasteiger partial charge in [-0.2, -0.15) is 0 Å². The molecular formula is C9H10O2S. The summed E-state index contributed by atoms with van der Waals surface area (Å²) >= 11 is 1.60. The zero-order chi connectivity index (χ0) is 8.97. The van der Waals surface area contributed by atoms with E-state index >= 15 is 0 Å². The second-order valence-electron chi connectivity index (χ2n) is 2.23. The Kier molecular flexibility index (Phi) is 3.17. The largest absolute Gasteiger partial charge is 0.496 e. The number of rotatable bonds is 3. The van der Waals surface area contributed by atoms with Gasteiger partial charge in [0.2, 0.25) is 0 Å². The number of thioether (sulfide) groups is 1. The summed E-state index contributed by atoms with van der Waals surface area (Å²) in [7, 11) is 1.60. The first kappa shape index (κ1) is 9.13. The van der Waals surface area contributed by atoms with Crippen LogP contribution in [0.2, 0.25) is 0 Å². The van der Waals surface area contributed by atoms with Gasteiger partial charge in [0.25, 0.3) is 0 Å². The topological polar surface area (TPSA) is 26.3 Å². The van der Waals surface area contributed by atoms with Crippen LogP contribution in [-0.2, 0) is 0 Å². The van der Waals surface area contributed by atoms with Crippen molar-refractivity contribution in [2.45, 2.75) is 4.90 Å². The third-order valence-corrected chi connectivity index (χ3v) is 2.32. The molecule has 0 aliphatic carbocycles. The molecule has 0 aliphatic heterocycles. The highest BCUT2D eigenvalue weighted by atomic mass is 32.2. The number of aldehydes is 1. The van der Waals surface area contributed by atoms with Crippen molar-refractivity contribution in [3.05, 3.63) is 23.8 Å². The molecule has 64 valence electrons. The minimum absolute atomic E-state index is 0.643. The van der Waals surface area contributed by atoms with Gasteiger partial charge in [0.05, 0.1) is 7.11 Å². The lowest BCUT2D eigenvalue weighted by atomic mass is 10.2. The van der Waals surface area contributed by atoms with E-state index < -0.39 is 0 Å². The Morgan fingerprint density at radius 1 is 1.50 bits per heavy atom. The molecule has 0 aliphatic rings. The van der Waals surface area contributed by atoms with Crippen LogP contribution >= 0.6 is 11.8 Å². The first-order chi connectivity index (χ1) is 5.81. The van der Waals surface area contributed by atoms with Crippen LogP contribution < -0.4 is 4.74 Å². The van der Waals surface area contributed by atoms with Crippen LogP contribution in [0.5, 0.6) is 5.75 Å². The number of methoxy groups -OCH3 is 1. The number of benzene rings is 1. The fraction of sp³-hybridized carbons (Fsp3) is 0.222. The highest BCUT2D eigenvalue weighted by Crippen LogP contribution is 2.27. The second kappa shape index (κ2) is 4.16. The van der Waals surface area contributed by atoms with Gasteiger partial charge in [0.15, 0.2) is 0 Å². The molecule has 0 heterocycles. The normalized spacial score (nSPS) is 9.50. The molecule has 1 aromatic carbocycles. The zero-order valence-corrected chi connectivity index (χ0v) is 7.85. The standard InChI is InChI=1S/C9H10O2S/c1-11-8-5-7(6-10)3-4-9(8)12-2/h3-6H,1-2H3. The van der Waals surface area contributed by atoms with Gasteiger partial charge in [-0.3, -0.25) is 4.79 Å². The number of carbonyl (C=O) groups is 1. The average Bonchev–Trinajstić information content (AvgIpc) is 2.16. The third kappa shape index (κ3) is 1.80. The fourth-order valence-electron chi connectivity index (χ4n) is 0.926. The van der Waals surface area contributed by atoms with Crippen LogP contribution in [0, 0.1) is 0 Å². The Hall–Kier alpha value is -0.960. The first-order valence-corrected chi connectivity index (χ1v) is 4.71. The van der Waals surface area contributed by atoms with Crippen LogP contribution in [0.3, 0.4) is 0 Å². The molecule has 1 aromatic rings. The predicted octanol–water partition coefficient (Wildman–Crippen LogP) is 2.23. The third-order valence-electron chi connectivity index (χ3n) is 1.54. The molecular weight excluding hydrogens is 172 g/mol. The van der Waals surface area contributed by atoms with Crippen LogP contribution in [0.15, 0.2) is 23.1 Å². The molecule has 0 N–H and O–H groups in total. The van der Waals surface area contributed by atoms with E-state index in [-0.39, 0.29) is 0 Å². The number of hydrogen-bond acceptors (Lipinski definition) is 3. The maximum absolute atomic E-state index is 10.4. The monoisotopic (exact) mass is 182 g/mol. The first-order valence-electron chi connectivity index (χ1n) is 3.49. The van der Waals surface area contributed by atoms with Crippen molar-refractivity contribution >= 4 is 18.0 Å². The molecule has 1 rings (SSSR count). The summed E-state index contributed by atoms with van der Waals surface area (Å²) in [6, 6.07) is 5.40. The minimum Gasteiger partial charge on any atom is -0.496 e. The van der Waals surface area contributed by atoms with Crippen molar-refractivity contribution in [1.82, 2.24) is 0 Å². The maximum Gasteiger partial charge on any atom is 0.150 e. The van der Waals surface area contributed by atoms with Gasteiger partial charge in [-0.15, -0.1) is 11.8 Å². The maximum atomic E-state index is 10.4. The van der Waals surface area contributed by atoms with E-state index in [1.54, 1.807) is 31.0 Å². The fourth-order valence-corrected chi connectivity index (χ4v) is 1.47. The van der Waals surface area contributed by atoms with E-state index in [0.717, 1.165) is 16.9 Å². The van der Waals surface area contributed by atoms with E-state index in [1.807, 2.05) is 12.3 Å². The summed E-state index contributed by atoms with van der Waals surface area (Å²) in [5.41, 5.74) is 0.643. The number of hydrogen-bond donors (Lipinski definition) is 0. The number of carbonyl (C=O) groups excluding carboxylic acids is 1. The van der Waals surface area contributed by atoms with E-state index in [2.05, 4.69) is 0 Å². The van der Waals surface area contributed by atoms with Gasteiger partial charge in [0, 0.05) is 10.5 Å². The molecule has 0 fully saturated rings. The van der Waals surface area contributed by atoms with E-state index in [9.17, 15) is 4.79 Å². The van der Waals surface area contributed by atoms with Crippen LogP contribution in [0.4, 0.5) is 0 Å². The van der Waals surface area contributed by atoms with Crippen molar-refractivity contribution in [2.24, 2.45) is 0 Å². The van der Waals surface area contributed by atoms with Gasteiger partial charge in [-0.1, -0.05) is 6.07 Å². The average molecular weight is 182 g/mol. The molecule has 0 saturated carbocycles. The Labute approximate surface area is 75.9 Å². The van der Waals surface area contributed by atoms with Gasteiger partial charge < -0.3 is 4.74 Å². The summed E-state index contributed by atoms with van der Waals surface area (Å²) in [5, 5.41) is 0. The van der Waals surface area contributed by atoms with Crippen molar-refractivity contribution in [1.29, 1.82) is 0 Å². The molecule has 2 nitrogen and oxygen atoms in total. The van der Waals surface area contributed by atoms with E-state index in [4.69, 9.17) is 4.74 Å². The highest BCUT2D eigenvalue weighted by molar-refractivity contribution is 7.98. The van der Waals surface area contributed by atoms with Crippen molar-refractivity contribution in [2.75, 3.05) is 13.4 Å². The summed E-state index contributed by atoms with van der Waals surface area (Å²) in [6.07, 6.45) is 2.78. The molecule has 12 heavy (non-hydrogen) atoms. The van der Waals surface area contributed by atoms with Crippen LogP contribution in [0.25, 0.3) is 0 Å². The lowest BCUT2D eigenvalue weighted by Crippen LogP contribution is -1.88. The van der Waals surface area contributed by atoms with Crippen LogP contribution in [0.1, 0.15) is 10.4 Å². The van der Waals surface area contributed by atoms with Crippen molar-refractivity contribution in [3.8, 4) is 5.75 Å². The van der Waals surface area contributed by atoms with Crippen molar-refractivity contribution < 1.29 is 9.53 Å². The second-order valence-corrected chi connectivity index (χ2v) is 3.08. The Morgan fingerprint density at radius 2 is 2.25 bits per heavy atom. The SMILES string of the molecule is COc1cc(C=O)ccc1SC. The molecule has 0 atom stereocenters. The molecule has 0 aromatic heterocycles. The molecule has 0 saturated heterocycles. The Bertz CT molecular complexity index is 284. The summed E-state index contributed by atoms with van der Waals surface area (Å²) < 4.78 is 5.10.